The number of carbonyl (C=O) groups is 1. The summed E-state index contributed by atoms with van der Waals surface area (Å²) in [6.45, 7) is 11.1. The van der Waals surface area contributed by atoms with Gasteiger partial charge in [-0.2, -0.15) is 0 Å². The lowest BCUT2D eigenvalue weighted by atomic mass is 9.78. The zero-order valence-electron chi connectivity index (χ0n) is 14.8. The highest BCUT2D eigenvalue weighted by Crippen LogP contribution is 2.51. The van der Waals surface area contributed by atoms with Gasteiger partial charge in [-0.05, 0) is 68.6 Å². The number of nitrogens with zero attached hydrogens (tertiary/aromatic N) is 1. The van der Waals surface area contributed by atoms with Crippen molar-refractivity contribution < 1.29 is 4.79 Å². The van der Waals surface area contributed by atoms with Crippen LogP contribution in [0.2, 0.25) is 0 Å². The van der Waals surface area contributed by atoms with E-state index < -0.39 is 0 Å². The Hall–Kier alpha value is -0.790. The van der Waals surface area contributed by atoms with E-state index in [9.17, 15) is 4.79 Å². The summed E-state index contributed by atoms with van der Waals surface area (Å²) in [6, 6.07) is 0. The monoisotopic (exact) mass is 303 g/mol. The van der Waals surface area contributed by atoms with E-state index in [1.165, 1.54) is 19.3 Å². The smallest absolute Gasteiger partial charge is 0.225 e. The molecule has 2 fully saturated rings. The standard InChI is InChI=1S/C20H33NO/c1-13(2)11-21(20(22)16-6-7-16)12-17-10-19(17)18-8-5-14(3)9-15(18)4/h9,13,15-19H,5-8,10-12H2,1-4H3/t15?,17-,18?,19?/m1/s1. The third-order valence-electron chi connectivity index (χ3n) is 5.90. The molecule has 2 heteroatoms. The largest absolute Gasteiger partial charge is 0.342 e. The molecule has 3 aliphatic carbocycles. The summed E-state index contributed by atoms with van der Waals surface area (Å²) in [5, 5.41) is 0. The van der Waals surface area contributed by atoms with Crippen molar-refractivity contribution >= 4 is 5.91 Å². The lowest BCUT2D eigenvalue weighted by Crippen LogP contribution is -2.37. The highest BCUT2D eigenvalue weighted by atomic mass is 16.2. The Bertz CT molecular complexity index is 449. The molecule has 0 heterocycles. The molecular weight excluding hydrogens is 270 g/mol. The molecule has 0 bridgehead atoms. The molecular formula is C20H33NO. The van der Waals surface area contributed by atoms with Crippen molar-refractivity contribution in [2.24, 2.45) is 35.5 Å². The summed E-state index contributed by atoms with van der Waals surface area (Å²) >= 11 is 0. The summed E-state index contributed by atoms with van der Waals surface area (Å²) in [5.74, 6) is 4.66. The molecule has 0 aromatic rings. The molecule has 0 aromatic carbocycles. The molecule has 3 unspecified atom stereocenters. The van der Waals surface area contributed by atoms with Crippen molar-refractivity contribution in [3.05, 3.63) is 11.6 Å². The first-order valence-corrected chi connectivity index (χ1v) is 9.41. The van der Waals surface area contributed by atoms with Gasteiger partial charge in [0.05, 0.1) is 0 Å². The van der Waals surface area contributed by atoms with Gasteiger partial charge in [0.15, 0.2) is 0 Å². The van der Waals surface area contributed by atoms with Crippen LogP contribution in [0.5, 0.6) is 0 Å². The fourth-order valence-corrected chi connectivity index (χ4v) is 4.49. The first-order valence-electron chi connectivity index (χ1n) is 9.41. The first-order chi connectivity index (χ1) is 10.5. The zero-order chi connectivity index (χ0) is 15.9. The van der Waals surface area contributed by atoms with Crippen LogP contribution >= 0.6 is 0 Å². The van der Waals surface area contributed by atoms with E-state index in [4.69, 9.17) is 0 Å². The molecule has 0 aromatic heterocycles. The predicted octanol–water partition coefficient (Wildman–Crippen LogP) is 4.51. The van der Waals surface area contributed by atoms with Gasteiger partial charge >= 0.3 is 0 Å². The number of rotatable bonds is 6. The molecule has 22 heavy (non-hydrogen) atoms. The maximum absolute atomic E-state index is 12.5. The van der Waals surface area contributed by atoms with Crippen molar-refractivity contribution in [3.63, 3.8) is 0 Å². The molecule has 1 amide bonds. The minimum absolute atomic E-state index is 0.370. The molecule has 3 rings (SSSR count). The Morgan fingerprint density at radius 3 is 2.59 bits per heavy atom. The van der Waals surface area contributed by atoms with Gasteiger partial charge in [-0.15, -0.1) is 0 Å². The number of hydrogen-bond donors (Lipinski definition) is 0. The zero-order valence-corrected chi connectivity index (χ0v) is 14.8. The normalized spacial score (nSPS) is 34.5. The molecule has 0 spiro atoms. The summed E-state index contributed by atoms with van der Waals surface area (Å²) < 4.78 is 0. The average molecular weight is 303 g/mol. The Morgan fingerprint density at radius 1 is 1.27 bits per heavy atom. The van der Waals surface area contributed by atoms with E-state index >= 15 is 0 Å². The second-order valence-electron chi connectivity index (χ2n) is 8.65. The van der Waals surface area contributed by atoms with Crippen molar-refractivity contribution in [3.8, 4) is 0 Å². The van der Waals surface area contributed by atoms with Crippen LogP contribution in [0.1, 0.15) is 59.8 Å². The van der Waals surface area contributed by atoms with E-state index in [0.29, 0.717) is 17.7 Å². The van der Waals surface area contributed by atoms with Gasteiger partial charge in [-0.1, -0.05) is 32.4 Å². The minimum Gasteiger partial charge on any atom is -0.342 e. The van der Waals surface area contributed by atoms with Crippen LogP contribution in [-0.2, 0) is 4.79 Å². The molecule has 2 nitrogen and oxygen atoms in total. The van der Waals surface area contributed by atoms with Gasteiger partial charge in [0.1, 0.15) is 0 Å². The van der Waals surface area contributed by atoms with Gasteiger partial charge in [0.2, 0.25) is 5.91 Å². The third kappa shape index (κ3) is 3.75. The number of hydrogen-bond acceptors (Lipinski definition) is 1. The highest BCUT2D eigenvalue weighted by molar-refractivity contribution is 5.81. The third-order valence-corrected chi connectivity index (χ3v) is 5.90. The first kappa shape index (κ1) is 16.1. The SMILES string of the molecule is CC1=CC(C)C(C2C[C@@H]2CN(CC(C)C)C(=O)C2CC2)CC1. The maximum atomic E-state index is 12.5. The summed E-state index contributed by atoms with van der Waals surface area (Å²) in [5.41, 5.74) is 1.58. The number of carbonyl (C=O) groups excluding carboxylic acids is 1. The second-order valence-corrected chi connectivity index (χ2v) is 8.65. The van der Waals surface area contributed by atoms with E-state index in [1.54, 1.807) is 5.57 Å². The maximum Gasteiger partial charge on any atom is 0.225 e. The van der Waals surface area contributed by atoms with Crippen LogP contribution in [0.25, 0.3) is 0 Å². The van der Waals surface area contributed by atoms with Crippen molar-refractivity contribution in [1.82, 2.24) is 4.90 Å². The molecule has 2 saturated carbocycles. The number of allylic oxidation sites excluding steroid dienone is 2. The van der Waals surface area contributed by atoms with Crippen LogP contribution < -0.4 is 0 Å². The Morgan fingerprint density at radius 2 is 2.00 bits per heavy atom. The van der Waals surface area contributed by atoms with Crippen molar-refractivity contribution in [1.29, 1.82) is 0 Å². The fraction of sp³-hybridized carbons (Fsp3) is 0.850. The molecule has 4 atom stereocenters. The fourth-order valence-electron chi connectivity index (χ4n) is 4.49. The van der Waals surface area contributed by atoms with Crippen LogP contribution in [0, 0.1) is 35.5 Å². The molecule has 0 aliphatic heterocycles. The van der Waals surface area contributed by atoms with E-state index in [0.717, 1.165) is 49.6 Å². The average Bonchev–Trinajstić information content (AvgIpc) is 3.31. The summed E-state index contributed by atoms with van der Waals surface area (Å²) in [4.78, 5) is 14.7. The van der Waals surface area contributed by atoms with E-state index in [2.05, 4.69) is 38.7 Å². The molecule has 3 aliphatic rings. The van der Waals surface area contributed by atoms with Crippen LogP contribution in [0.15, 0.2) is 11.6 Å². The predicted molar refractivity (Wildman–Crippen MR) is 91.4 cm³/mol. The van der Waals surface area contributed by atoms with Gasteiger partial charge in [-0.25, -0.2) is 0 Å². The molecule has 124 valence electrons. The van der Waals surface area contributed by atoms with Gasteiger partial charge in [0, 0.05) is 19.0 Å². The van der Waals surface area contributed by atoms with Gasteiger partial charge in [-0.3, -0.25) is 4.79 Å². The van der Waals surface area contributed by atoms with Crippen molar-refractivity contribution in [2.75, 3.05) is 13.1 Å². The van der Waals surface area contributed by atoms with Gasteiger partial charge in [0.25, 0.3) is 0 Å². The topological polar surface area (TPSA) is 20.3 Å². The Kier molecular flexibility index (Phi) is 4.66. The Labute approximate surface area is 136 Å². The lowest BCUT2D eigenvalue weighted by molar-refractivity contribution is -0.133. The summed E-state index contributed by atoms with van der Waals surface area (Å²) in [7, 11) is 0. The number of amides is 1. The Balaban J connectivity index is 1.55. The van der Waals surface area contributed by atoms with E-state index in [1.807, 2.05) is 0 Å². The molecule has 0 radical (unpaired) electrons. The molecule has 0 N–H and O–H groups in total. The second kappa shape index (κ2) is 6.37. The lowest BCUT2D eigenvalue weighted by Gasteiger charge is -2.29. The highest BCUT2D eigenvalue weighted by Gasteiger charge is 2.46. The quantitative estimate of drug-likeness (QED) is 0.661. The van der Waals surface area contributed by atoms with Crippen molar-refractivity contribution in [2.45, 2.75) is 59.8 Å². The minimum atomic E-state index is 0.370. The summed E-state index contributed by atoms with van der Waals surface area (Å²) in [6.07, 6.45) is 8.76. The van der Waals surface area contributed by atoms with Crippen LogP contribution in [0.4, 0.5) is 0 Å². The van der Waals surface area contributed by atoms with Gasteiger partial charge < -0.3 is 4.90 Å². The molecule has 0 saturated heterocycles. The van der Waals surface area contributed by atoms with Crippen LogP contribution in [0.3, 0.4) is 0 Å². The van der Waals surface area contributed by atoms with Crippen LogP contribution in [-0.4, -0.2) is 23.9 Å². The van der Waals surface area contributed by atoms with E-state index in [-0.39, 0.29) is 0 Å².